The third-order valence-electron chi connectivity index (χ3n) is 3.00. The Morgan fingerprint density at radius 1 is 0.950 bits per heavy atom. The van der Waals surface area contributed by atoms with Crippen LogP contribution in [0.2, 0.25) is 0 Å². The number of hydrogen-bond donors (Lipinski definition) is 1. The Bertz CT molecular complexity index is 730. The Kier molecular flexibility index (Phi) is 3.05. The zero-order chi connectivity index (χ0) is 13.9. The number of carboxylic acids is 1. The summed E-state index contributed by atoms with van der Waals surface area (Å²) < 4.78 is 5.31. The molecule has 0 aliphatic carbocycles. The van der Waals surface area contributed by atoms with Crippen LogP contribution in [0.5, 0.6) is 0 Å². The third-order valence-corrected chi connectivity index (χ3v) is 3.00. The van der Waals surface area contributed by atoms with Crippen molar-refractivity contribution >= 4 is 5.97 Å². The van der Waals surface area contributed by atoms with Crippen LogP contribution in [0.15, 0.2) is 65.2 Å². The highest BCUT2D eigenvalue weighted by Gasteiger charge is 2.09. The molecular formula is C16H11NO3. The summed E-state index contributed by atoms with van der Waals surface area (Å²) in [6.07, 6.45) is 0. The average Bonchev–Trinajstić information content (AvgIpc) is 2.98. The summed E-state index contributed by atoms with van der Waals surface area (Å²) in [7, 11) is 0. The molecule has 3 rings (SSSR count). The standard InChI is InChI=1S/C16H11NO3/c18-16(19)13-8-6-12(7-9-13)15-10-14(17-20-15)11-4-2-1-3-5-11/h1-10H,(H,18,19). The van der Waals surface area contributed by atoms with Crippen LogP contribution in [-0.4, -0.2) is 16.2 Å². The van der Waals surface area contributed by atoms with Crippen LogP contribution < -0.4 is 0 Å². The van der Waals surface area contributed by atoms with Gasteiger partial charge in [0, 0.05) is 17.2 Å². The molecule has 0 amide bonds. The molecule has 4 nitrogen and oxygen atoms in total. The molecule has 0 aliphatic heterocycles. The van der Waals surface area contributed by atoms with Crippen molar-refractivity contribution in [2.75, 3.05) is 0 Å². The van der Waals surface area contributed by atoms with Gasteiger partial charge in [-0.05, 0) is 12.1 Å². The Morgan fingerprint density at radius 3 is 2.30 bits per heavy atom. The number of aromatic carboxylic acids is 1. The highest BCUT2D eigenvalue weighted by molar-refractivity contribution is 5.88. The highest BCUT2D eigenvalue weighted by atomic mass is 16.5. The number of benzene rings is 2. The van der Waals surface area contributed by atoms with Crippen molar-refractivity contribution < 1.29 is 14.4 Å². The third kappa shape index (κ3) is 2.31. The Balaban J connectivity index is 1.92. The van der Waals surface area contributed by atoms with E-state index in [0.29, 0.717) is 5.76 Å². The molecule has 1 heterocycles. The topological polar surface area (TPSA) is 63.3 Å². The van der Waals surface area contributed by atoms with Crippen LogP contribution in [0.1, 0.15) is 10.4 Å². The fourth-order valence-electron chi connectivity index (χ4n) is 1.93. The second-order valence-corrected chi connectivity index (χ2v) is 4.32. The van der Waals surface area contributed by atoms with Gasteiger partial charge in [-0.1, -0.05) is 47.6 Å². The lowest BCUT2D eigenvalue weighted by atomic mass is 10.1. The first kappa shape index (κ1) is 12.2. The minimum absolute atomic E-state index is 0.247. The minimum atomic E-state index is -0.945. The number of hydrogen-bond acceptors (Lipinski definition) is 3. The molecular weight excluding hydrogens is 254 g/mol. The molecule has 0 saturated carbocycles. The summed E-state index contributed by atoms with van der Waals surface area (Å²) in [5.41, 5.74) is 2.77. The summed E-state index contributed by atoms with van der Waals surface area (Å²) in [5.74, 6) is -0.333. The average molecular weight is 265 g/mol. The van der Waals surface area contributed by atoms with E-state index in [4.69, 9.17) is 9.63 Å². The molecule has 20 heavy (non-hydrogen) atoms. The fourth-order valence-corrected chi connectivity index (χ4v) is 1.93. The molecule has 3 aromatic rings. The smallest absolute Gasteiger partial charge is 0.335 e. The molecule has 0 bridgehead atoms. The normalized spacial score (nSPS) is 10.4. The van der Waals surface area contributed by atoms with Gasteiger partial charge >= 0.3 is 5.97 Å². The van der Waals surface area contributed by atoms with Gasteiger partial charge < -0.3 is 9.63 Å². The molecule has 0 spiro atoms. The number of rotatable bonds is 3. The Labute approximate surface area is 115 Å². The van der Waals surface area contributed by atoms with Gasteiger partial charge in [-0.2, -0.15) is 0 Å². The Morgan fingerprint density at radius 2 is 1.65 bits per heavy atom. The van der Waals surface area contributed by atoms with Gasteiger partial charge in [0.25, 0.3) is 0 Å². The monoisotopic (exact) mass is 265 g/mol. The van der Waals surface area contributed by atoms with Crippen LogP contribution in [-0.2, 0) is 0 Å². The second kappa shape index (κ2) is 5.01. The molecule has 0 unspecified atom stereocenters. The zero-order valence-electron chi connectivity index (χ0n) is 10.5. The van der Waals surface area contributed by atoms with Crippen LogP contribution in [0.3, 0.4) is 0 Å². The van der Waals surface area contributed by atoms with Crippen molar-refractivity contribution in [3.05, 3.63) is 66.2 Å². The summed E-state index contributed by atoms with van der Waals surface area (Å²) >= 11 is 0. The molecule has 2 aromatic carbocycles. The van der Waals surface area contributed by atoms with E-state index in [1.165, 1.54) is 0 Å². The highest BCUT2D eigenvalue weighted by Crippen LogP contribution is 2.25. The van der Waals surface area contributed by atoms with Crippen LogP contribution in [0.4, 0.5) is 0 Å². The van der Waals surface area contributed by atoms with E-state index in [2.05, 4.69) is 5.16 Å². The summed E-state index contributed by atoms with van der Waals surface area (Å²) in [6, 6.07) is 18.1. The number of carboxylic acid groups (broad SMARTS) is 1. The van der Waals surface area contributed by atoms with Gasteiger partial charge in [-0.3, -0.25) is 0 Å². The van der Waals surface area contributed by atoms with E-state index in [-0.39, 0.29) is 5.56 Å². The maximum absolute atomic E-state index is 10.8. The molecule has 1 N–H and O–H groups in total. The largest absolute Gasteiger partial charge is 0.478 e. The second-order valence-electron chi connectivity index (χ2n) is 4.32. The van der Waals surface area contributed by atoms with E-state index in [0.717, 1.165) is 16.8 Å². The molecule has 98 valence electrons. The first-order valence-corrected chi connectivity index (χ1v) is 6.10. The molecule has 1 aromatic heterocycles. The van der Waals surface area contributed by atoms with E-state index in [9.17, 15) is 4.79 Å². The first-order valence-electron chi connectivity index (χ1n) is 6.10. The summed E-state index contributed by atoms with van der Waals surface area (Å²) in [5, 5.41) is 12.9. The quantitative estimate of drug-likeness (QED) is 0.784. The first-order chi connectivity index (χ1) is 9.74. The van der Waals surface area contributed by atoms with Crippen LogP contribution >= 0.6 is 0 Å². The van der Waals surface area contributed by atoms with E-state index < -0.39 is 5.97 Å². The molecule has 4 heteroatoms. The lowest BCUT2D eigenvalue weighted by molar-refractivity contribution is 0.0697. The Hall–Kier alpha value is -2.88. The van der Waals surface area contributed by atoms with Gasteiger partial charge in [0.1, 0.15) is 5.69 Å². The summed E-state index contributed by atoms with van der Waals surface area (Å²) in [6.45, 7) is 0. The number of carbonyl (C=O) groups is 1. The SMILES string of the molecule is O=C(O)c1ccc(-c2cc(-c3ccccc3)no2)cc1. The van der Waals surface area contributed by atoms with Crippen molar-refractivity contribution in [1.29, 1.82) is 0 Å². The van der Waals surface area contributed by atoms with E-state index in [1.54, 1.807) is 24.3 Å². The molecule has 0 aliphatic rings. The predicted octanol–water partition coefficient (Wildman–Crippen LogP) is 3.71. The van der Waals surface area contributed by atoms with Crippen molar-refractivity contribution in [2.24, 2.45) is 0 Å². The number of nitrogens with zero attached hydrogens (tertiary/aromatic N) is 1. The van der Waals surface area contributed by atoms with Gasteiger partial charge in [0.15, 0.2) is 5.76 Å². The van der Waals surface area contributed by atoms with Crippen molar-refractivity contribution in [2.45, 2.75) is 0 Å². The maximum Gasteiger partial charge on any atom is 0.335 e. The number of aromatic nitrogens is 1. The van der Waals surface area contributed by atoms with Crippen molar-refractivity contribution in [3.8, 4) is 22.6 Å². The predicted molar refractivity (Wildman–Crippen MR) is 74.3 cm³/mol. The molecule has 0 atom stereocenters. The van der Waals surface area contributed by atoms with Crippen molar-refractivity contribution in [3.63, 3.8) is 0 Å². The lowest BCUT2D eigenvalue weighted by Gasteiger charge is -1.96. The van der Waals surface area contributed by atoms with Crippen LogP contribution in [0, 0.1) is 0 Å². The molecule has 0 fully saturated rings. The van der Waals surface area contributed by atoms with Gasteiger partial charge in [-0.15, -0.1) is 0 Å². The lowest BCUT2D eigenvalue weighted by Crippen LogP contribution is -1.94. The minimum Gasteiger partial charge on any atom is -0.478 e. The summed E-state index contributed by atoms with van der Waals surface area (Å²) in [4.78, 5) is 10.8. The molecule has 0 saturated heterocycles. The zero-order valence-corrected chi connectivity index (χ0v) is 10.5. The van der Waals surface area contributed by atoms with Crippen LogP contribution in [0.25, 0.3) is 22.6 Å². The van der Waals surface area contributed by atoms with Gasteiger partial charge in [0.2, 0.25) is 0 Å². The van der Waals surface area contributed by atoms with Gasteiger partial charge in [0.05, 0.1) is 5.56 Å². The van der Waals surface area contributed by atoms with Crippen molar-refractivity contribution in [1.82, 2.24) is 5.16 Å². The molecule has 0 radical (unpaired) electrons. The van der Waals surface area contributed by atoms with Gasteiger partial charge in [-0.25, -0.2) is 4.79 Å². The maximum atomic E-state index is 10.8. The van der Waals surface area contributed by atoms with E-state index in [1.807, 2.05) is 36.4 Å². The fraction of sp³-hybridized carbons (Fsp3) is 0. The van der Waals surface area contributed by atoms with E-state index >= 15 is 0 Å².